The van der Waals surface area contributed by atoms with Gasteiger partial charge in [0.25, 0.3) is 0 Å². The summed E-state index contributed by atoms with van der Waals surface area (Å²) in [5.74, 6) is 1.72. The van der Waals surface area contributed by atoms with E-state index in [9.17, 15) is 0 Å². The van der Waals surface area contributed by atoms with Gasteiger partial charge in [0.05, 0.1) is 11.8 Å². The molecular weight excluding hydrogens is 374 g/mol. The SMILES string of the molecule is c1ccc(Cn2c(SC3c4ccccc4-c4ccccc43)nnc2C2CC2)cc1. The molecule has 0 radical (unpaired) electrons. The van der Waals surface area contributed by atoms with Crippen LogP contribution in [0.15, 0.2) is 84.0 Å². The molecule has 4 aromatic rings. The molecule has 3 aromatic carbocycles. The van der Waals surface area contributed by atoms with E-state index in [2.05, 4.69) is 93.6 Å². The molecular formula is C25H21N3S. The summed E-state index contributed by atoms with van der Waals surface area (Å²) in [6.07, 6.45) is 2.46. The van der Waals surface area contributed by atoms with Gasteiger partial charge in [0.1, 0.15) is 5.82 Å². The summed E-state index contributed by atoms with van der Waals surface area (Å²) < 4.78 is 2.35. The summed E-state index contributed by atoms with van der Waals surface area (Å²) in [4.78, 5) is 0. The van der Waals surface area contributed by atoms with Crippen molar-refractivity contribution in [2.75, 3.05) is 0 Å². The molecule has 1 heterocycles. The van der Waals surface area contributed by atoms with E-state index >= 15 is 0 Å². The van der Waals surface area contributed by atoms with Gasteiger partial charge in [-0.2, -0.15) is 0 Å². The van der Waals surface area contributed by atoms with E-state index in [1.165, 1.54) is 40.7 Å². The average Bonchev–Trinajstić information content (AvgIpc) is 3.48. The van der Waals surface area contributed by atoms with E-state index in [0.717, 1.165) is 17.5 Å². The summed E-state index contributed by atoms with van der Waals surface area (Å²) in [5, 5.41) is 10.6. The Balaban J connectivity index is 1.41. The highest BCUT2D eigenvalue weighted by Crippen LogP contribution is 2.52. The maximum absolute atomic E-state index is 4.66. The first-order valence-corrected chi connectivity index (χ1v) is 11.1. The Morgan fingerprint density at radius 3 is 2.03 bits per heavy atom. The molecule has 2 aliphatic carbocycles. The lowest BCUT2D eigenvalue weighted by atomic mass is 10.1. The number of rotatable bonds is 5. The van der Waals surface area contributed by atoms with Crippen molar-refractivity contribution in [2.45, 2.75) is 35.7 Å². The van der Waals surface area contributed by atoms with Gasteiger partial charge in [-0.3, -0.25) is 0 Å². The van der Waals surface area contributed by atoms with Crippen LogP contribution in [-0.2, 0) is 6.54 Å². The molecule has 6 rings (SSSR count). The van der Waals surface area contributed by atoms with Crippen molar-refractivity contribution in [3.63, 3.8) is 0 Å². The Labute approximate surface area is 174 Å². The second-order valence-electron chi connectivity index (χ2n) is 7.86. The van der Waals surface area contributed by atoms with E-state index in [0.29, 0.717) is 5.92 Å². The smallest absolute Gasteiger partial charge is 0.192 e. The minimum absolute atomic E-state index is 0.258. The Morgan fingerprint density at radius 1 is 0.759 bits per heavy atom. The van der Waals surface area contributed by atoms with Crippen molar-refractivity contribution in [1.29, 1.82) is 0 Å². The number of benzene rings is 3. The number of aromatic nitrogens is 3. The maximum atomic E-state index is 4.66. The molecule has 0 bridgehead atoms. The average molecular weight is 396 g/mol. The van der Waals surface area contributed by atoms with Crippen molar-refractivity contribution >= 4 is 11.8 Å². The van der Waals surface area contributed by atoms with Gasteiger partial charge >= 0.3 is 0 Å². The molecule has 0 atom stereocenters. The lowest BCUT2D eigenvalue weighted by Gasteiger charge is -2.15. The van der Waals surface area contributed by atoms with Crippen molar-refractivity contribution < 1.29 is 0 Å². The monoisotopic (exact) mass is 395 g/mol. The lowest BCUT2D eigenvalue weighted by molar-refractivity contribution is 0.667. The molecule has 0 spiro atoms. The number of hydrogen-bond donors (Lipinski definition) is 0. The van der Waals surface area contributed by atoms with Crippen LogP contribution in [0, 0.1) is 0 Å². The molecule has 0 saturated heterocycles. The number of fused-ring (bicyclic) bond motifs is 3. The Kier molecular flexibility index (Phi) is 4.05. The summed E-state index contributed by atoms with van der Waals surface area (Å²) in [5.41, 5.74) is 6.74. The van der Waals surface area contributed by atoms with E-state index in [1.807, 2.05) is 11.8 Å². The quantitative estimate of drug-likeness (QED) is 0.411. The predicted octanol–water partition coefficient (Wildman–Crippen LogP) is 6.07. The van der Waals surface area contributed by atoms with Gasteiger partial charge in [-0.05, 0) is 40.7 Å². The molecule has 29 heavy (non-hydrogen) atoms. The largest absolute Gasteiger partial charge is 0.301 e. The third kappa shape index (κ3) is 2.99. The lowest BCUT2D eigenvalue weighted by Crippen LogP contribution is -2.07. The van der Waals surface area contributed by atoms with Crippen molar-refractivity contribution in [2.24, 2.45) is 0 Å². The molecule has 142 valence electrons. The van der Waals surface area contributed by atoms with E-state index < -0.39 is 0 Å². The summed E-state index contributed by atoms with van der Waals surface area (Å²) in [7, 11) is 0. The van der Waals surface area contributed by atoms with Crippen LogP contribution >= 0.6 is 11.8 Å². The molecule has 1 aromatic heterocycles. The first-order chi connectivity index (χ1) is 14.4. The first-order valence-electron chi connectivity index (χ1n) is 10.2. The number of hydrogen-bond acceptors (Lipinski definition) is 3. The fourth-order valence-electron chi connectivity index (χ4n) is 4.29. The molecule has 4 heteroatoms. The highest BCUT2D eigenvalue weighted by Gasteiger charge is 2.34. The van der Waals surface area contributed by atoms with Gasteiger partial charge in [-0.15, -0.1) is 10.2 Å². The van der Waals surface area contributed by atoms with Gasteiger partial charge in [-0.25, -0.2) is 0 Å². The molecule has 3 nitrogen and oxygen atoms in total. The predicted molar refractivity (Wildman–Crippen MR) is 117 cm³/mol. The molecule has 0 amide bonds. The van der Waals surface area contributed by atoms with Crippen molar-refractivity contribution in [3.8, 4) is 11.1 Å². The maximum Gasteiger partial charge on any atom is 0.192 e. The molecule has 0 aliphatic heterocycles. The Hall–Kier alpha value is -2.85. The normalized spacial score (nSPS) is 15.3. The van der Waals surface area contributed by atoms with Crippen molar-refractivity contribution in [3.05, 3.63) is 101 Å². The van der Waals surface area contributed by atoms with Crippen LogP contribution in [0.25, 0.3) is 11.1 Å². The second kappa shape index (κ2) is 6.89. The zero-order valence-corrected chi connectivity index (χ0v) is 16.8. The summed E-state index contributed by atoms with van der Waals surface area (Å²) in [6.45, 7) is 0.831. The van der Waals surface area contributed by atoms with Crippen LogP contribution in [0.2, 0.25) is 0 Å². The Bertz CT molecular complexity index is 1130. The van der Waals surface area contributed by atoms with Crippen LogP contribution in [0.3, 0.4) is 0 Å². The highest BCUT2D eigenvalue weighted by molar-refractivity contribution is 7.99. The second-order valence-corrected chi connectivity index (χ2v) is 8.93. The fraction of sp³-hybridized carbons (Fsp3) is 0.200. The van der Waals surface area contributed by atoms with Gasteiger partial charge in [0, 0.05) is 5.92 Å². The molecule has 0 unspecified atom stereocenters. The minimum Gasteiger partial charge on any atom is -0.301 e. The summed E-state index contributed by atoms with van der Waals surface area (Å²) in [6, 6.07) is 28.2. The molecule has 1 saturated carbocycles. The Morgan fingerprint density at radius 2 is 1.38 bits per heavy atom. The zero-order valence-electron chi connectivity index (χ0n) is 16.0. The van der Waals surface area contributed by atoms with Crippen molar-refractivity contribution in [1.82, 2.24) is 14.8 Å². The molecule has 1 fully saturated rings. The van der Waals surface area contributed by atoms with E-state index in [1.54, 1.807) is 0 Å². The van der Waals surface area contributed by atoms with Crippen LogP contribution in [0.5, 0.6) is 0 Å². The minimum atomic E-state index is 0.258. The van der Waals surface area contributed by atoms with Gasteiger partial charge in [-0.1, -0.05) is 90.6 Å². The third-order valence-corrected chi connectivity index (χ3v) is 7.13. The topological polar surface area (TPSA) is 30.7 Å². The van der Waals surface area contributed by atoms with Crippen LogP contribution in [-0.4, -0.2) is 14.8 Å². The first kappa shape index (κ1) is 17.0. The van der Waals surface area contributed by atoms with Gasteiger partial charge < -0.3 is 4.57 Å². The van der Waals surface area contributed by atoms with Crippen LogP contribution in [0.4, 0.5) is 0 Å². The molecule has 2 aliphatic rings. The fourth-order valence-corrected chi connectivity index (χ4v) is 5.54. The third-order valence-electron chi connectivity index (χ3n) is 5.87. The zero-order chi connectivity index (χ0) is 19.2. The summed E-state index contributed by atoms with van der Waals surface area (Å²) >= 11 is 1.84. The molecule has 0 N–H and O–H groups in total. The standard InChI is InChI=1S/C25H21N3S/c1-2-8-17(9-3-1)16-28-24(18-14-15-18)26-27-25(28)29-23-21-12-6-4-10-19(21)20-11-5-7-13-22(20)23/h1-13,18,23H,14-16H2. The highest BCUT2D eigenvalue weighted by atomic mass is 32.2. The van der Waals surface area contributed by atoms with E-state index in [4.69, 9.17) is 0 Å². The number of thioether (sulfide) groups is 1. The van der Waals surface area contributed by atoms with Crippen LogP contribution in [0.1, 0.15) is 46.5 Å². The van der Waals surface area contributed by atoms with E-state index in [-0.39, 0.29) is 5.25 Å². The van der Waals surface area contributed by atoms with Gasteiger partial charge in [0.15, 0.2) is 5.16 Å². The number of nitrogens with zero attached hydrogens (tertiary/aromatic N) is 3. The van der Waals surface area contributed by atoms with Crippen LogP contribution < -0.4 is 0 Å². The van der Waals surface area contributed by atoms with Gasteiger partial charge in [0.2, 0.25) is 0 Å².